The Hall–Kier alpha value is -2.87. The Morgan fingerprint density at radius 1 is 0.460 bits per heavy atom. The van der Waals surface area contributed by atoms with Gasteiger partial charge in [0.25, 0.3) is 0 Å². The maximum atomic E-state index is 15.0. The van der Waals surface area contributed by atoms with Gasteiger partial charge in [-0.1, -0.05) is 26.2 Å². The van der Waals surface area contributed by atoms with E-state index in [-0.39, 0.29) is 38.4 Å². The van der Waals surface area contributed by atoms with Crippen LogP contribution >= 0.6 is 34.0 Å². The van der Waals surface area contributed by atoms with Gasteiger partial charge in [0.1, 0.15) is 0 Å². The molecule has 4 rings (SSSR count). The minimum atomic E-state index is -8.02. The molecule has 50 heavy (non-hydrogen) atoms. The van der Waals surface area contributed by atoms with Crippen LogP contribution in [0, 0.1) is 23.3 Å². The van der Waals surface area contributed by atoms with E-state index < -0.39 is 91.3 Å². The maximum Gasteiger partial charge on any atom is 0.460 e. The van der Waals surface area contributed by atoms with Crippen LogP contribution in [0.3, 0.4) is 0 Å². The van der Waals surface area contributed by atoms with Gasteiger partial charge in [0.15, 0.2) is 23.3 Å². The van der Waals surface area contributed by atoms with Gasteiger partial charge in [-0.05, 0) is 49.2 Å². The minimum absolute atomic E-state index is 0.0504. The van der Waals surface area contributed by atoms with E-state index in [2.05, 4.69) is 0 Å². The lowest BCUT2D eigenvalue weighted by atomic mass is 9.93. The fourth-order valence-electron chi connectivity index (χ4n) is 4.61. The zero-order valence-electron chi connectivity index (χ0n) is 24.6. The molecule has 0 spiro atoms. The van der Waals surface area contributed by atoms with Crippen LogP contribution in [-0.2, 0) is 12.3 Å². The highest BCUT2D eigenvalue weighted by Crippen LogP contribution is 2.62. The van der Waals surface area contributed by atoms with Crippen LogP contribution in [0.5, 0.6) is 0 Å². The smallest absolute Gasteiger partial charge is 0.203 e. The molecule has 0 aliphatic carbocycles. The van der Waals surface area contributed by atoms with Gasteiger partial charge in [0.05, 0.1) is 10.4 Å². The summed E-state index contributed by atoms with van der Waals surface area (Å²) >= 11 is 0.916. The fraction of sp³-hybridized carbons (Fsp3) is 0.400. The van der Waals surface area contributed by atoms with E-state index in [9.17, 15) is 74.6 Å². The number of unbranched alkanes of at least 4 members (excludes halogenated alkanes) is 3. The molecular weight excluding hydrogens is 779 g/mol. The van der Waals surface area contributed by atoms with Gasteiger partial charge in [-0.25, -0.2) is 17.6 Å². The van der Waals surface area contributed by atoms with Crippen LogP contribution in [0.4, 0.5) is 74.6 Å². The molecule has 0 unspecified atom stereocenters. The molecule has 276 valence electrons. The van der Waals surface area contributed by atoms with Gasteiger partial charge in [0.2, 0.25) is 0 Å². The molecule has 0 fully saturated rings. The van der Waals surface area contributed by atoms with Crippen molar-refractivity contribution >= 4 is 34.0 Å². The van der Waals surface area contributed by atoms with E-state index in [4.69, 9.17) is 0 Å². The van der Waals surface area contributed by atoms with Gasteiger partial charge >= 0.3 is 35.8 Å². The van der Waals surface area contributed by atoms with E-state index in [0.29, 0.717) is 35.2 Å². The van der Waals surface area contributed by atoms with Crippen LogP contribution in [0.25, 0.3) is 29.9 Å². The maximum absolute atomic E-state index is 15.0. The first kappa shape index (κ1) is 39.9. The molecule has 0 aliphatic heterocycles. The summed E-state index contributed by atoms with van der Waals surface area (Å²) in [4.78, 5) is -2.48. The third-order valence-corrected chi connectivity index (χ3v) is 11.2. The molecule has 0 aliphatic rings. The first-order chi connectivity index (χ1) is 22.9. The molecule has 0 nitrogen and oxygen atoms in total. The predicted molar refractivity (Wildman–Crippen MR) is 154 cm³/mol. The largest absolute Gasteiger partial charge is 0.460 e. The third-order valence-electron chi connectivity index (χ3n) is 7.43. The highest BCUT2D eigenvalue weighted by Gasteiger charge is 2.91. The number of halogens is 17. The van der Waals surface area contributed by atoms with Gasteiger partial charge in [0, 0.05) is 29.9 Å². The highest BCUT2D eigenvalue weighted by atomic mass is 32.1. The zero-order chi connectivity index (χ0) is 37.8. The minimum Gasteiger partial charge on any atom is -0.203 e. The summed E-state index contributed by atoms with van der Waals surface area (Å²) in [6.45, 7) is 1.89. The standard InChI is InChI=1S/C30H19F17S3/c1-2-3-4-5-6-13-21(31)23(33)20(24(34)22(13)32)18-10-9-15(49-18)14-7-8-16(48-14)17-11-12-19(50-17)25(35,36)26(37,38)27(39,40)28(41,42)29(43,44)30(45,46)47/h7-12H,2-6H2,1H3. The molecule has 1 aromatic carbocycles. The summed E-state index contributed by atoms with van der Waals surface area (Å²) in [5, 5.41) is 0. The quantitative estimate of drug-likeness (QED) is 0.0718. The Morgan fingerprint density at radius 2 is 0.880 bits per heavy atom. The van der Waals surface area contributed by atoms with Gasteiger partial charge in [-0.2, -0.15) is 57.1 Å². The molecule has 0 bridgehead atoms. The molecule has 4 aromatic rings. The molecule has 0 atom stereocenters. The zero-order valence-corrected chi connectivity index (χ0v) is 27.1. The van der Waals surface area contributed by atoms with Gasteiger partial charge < -0.3 is 0 Å². The molecule has 0 amide bonds. The lowest BCUT2D eigenvalue weighted by Crippen LogP contribution is -2.69. The second-order valence-electron chi connectivity index (χ2n) is 10.8. The van der Waals surface area contributed by atoms with Crippen LogP contribution < -0.4 is 0 Å². The summed E-state index contributed by atoms with van der Waals surface area (Å²) < 4.78 is 236. The van der Waals surface area contributed by atoms with E-state index in [1.807, 2.05) is 6.92 Å². The van der Waals surface area contributed by atoms with Crippen molar-refractivity contribution in [2.45, 2.75) is 74.8 Å². The first-order valence-electron chi connectivity index (χ1n) is 14.0. The third kappa shape index (κ3) is 6.41. The van der Waals surface area contributed by atoms with E-state index >= 15 is 0 Å². The SMILES string of the molecule is CCCCCCc1c(F)c(F)c(-c2ccc(-c3ccc(-c4ccc(C(F)(F)C(F)(F)C(F)(F)C(F)(F)C(F)(F)C(F)(F)F)s4)s3)s2)c(F)c1F. The Kier molecular flexibility index (Phi) is 10.9. The van der Waals surface area contributed by atoms with Crippen molar-refractivity contribution in [2.75, 3.05) is 0 Å². The van der Waals surface area contributed by atoms with Crippen LogP contribution in [0.1, 0.15) is 43.0 Å². The van der Waals surface area contributed by atoms with Gasteiger partial charge in [-0.15, -0.1) is 34.0 Å². The Bertz CT molecular complexity index is 1800. The molecule has 20 heteroatoms. The number of rotatable bonds is 13. The lowest BCUT2D eigenvalue weighted by Gasteiger charge is -2.39. The molecule has 0 radical (unpaired) electrons. The van der Waals surface area contributed by atoms with Crippen LogP contribution in [-0.4, -0.2) is 29.9 Å². The highest BCUT2D eigenvalue weighted by molar-refractivity contribution is 7.27. The summed E-state index contributed by atoms with van der Waals surface area (Å²) in [6.07, 6.45) is -5.38. The average Bonchev–Trinajstić information content (AvgIpc) is 3.80. The van der Waals surface area contributed by atoms with Crippen LogP contribution in [0.2, 0.25) is 0 Å². The molecule has 3 heterocycles. The molecule has 3 aromatic heterocycles. The summed E-state index contributed by atoms with van der Waals surface area (Å²) in [5.74, 6) is -44.1. The molecule has 0 saturated carbocycles. The normalized spacial score (nSPS) is 13.8. The van der Waals surface area contributed by atoms with Crippen molar-refractivity contribution in [3.8, 4) is 29.9 Å². The number of benzene rings is 1. The van der Waals surface area contributed by atoms with Gasteiger partial charge in [-0.3, -0.25) is 0 Å². The van der Waals surface area contributed by atoms with Crippen molar-refractivity contribution in [3.63, 3.8) is 0 Å². The van der Waals surface area contributed by atoms with Crippen molar-refractivity contribution in [1.82, 2.24) is 0 Å². The lowest BCUT2D eigenvalue weighted by molar-refractivity contribution is -0.441. The number of hydrogen-bond acceptors (Lipinski definition) is 3. The Labute approximate surface area is 283 Å². The van der Waals surface area contributed by atoms with Crippen molar-refractivity contribution in [3.05, 3.63) is 70.1 Å². The summed E-state index contributed by atoms with van der Waals surface area (Å²) in [7, 11) is 0. The van der Waals surface area contributed by atoms with E-state index in [1.165, 1.54) is 12.1 Å². The van der Waals surface area contributed by atoms with Crippen molar-refractivity contribution in [1.29, 1.82) is 0 Å². The number of hydrogen-bond donors (Lipinski definition) is 0. The second-order valence-corrected chi connectivity index (χ2v) is 14.0. The summed E-state index contributed by atoms with van der Waals surface area (Å²) in [6, 6.07) is 5.48. The Morgan fingerprint density at radius 3 is 1.36 bits per heavy atom. The van der Waals surface area contributed by atoms with Crippen molar-refractivity contribution in [2.24, 2.45) is 0 Å². The fourth-order valence-corrected chi connectivity index (χ4v) is 7.85. The molecular formula is C30H19F17S3. The topological polar surface area (TPSA) is 0 Å². The Balaban J connectivity index is 1.62. The predicted octanol–water partition coefficient (Wildman–Crippen LogP) is 13.7. The molecule has 0 N–H and O–H groups in total. The summed E-state index contributed by atoms with van der Waals surface area (Å²) in [5.41, 5.74) is -1.76. The van der Waals surface area contributed by atoms with E-state index in [1.54, 1.807) is 0 Å². The number of alkyl halides is 13. The number of thiophene rings is 3. The molecule has 0 saturated heterocycles. The monoisotopic (exact) mass is 798 g/mol. The van der Waals surface area contributed by atoms with Crippen LogP contribution in [0.15, 0.2) is 36.4 Å². The van der Waals surface area contributed by atoms with Crippen molar-refractivity contribution < 1.29 is 74.6 Å². The average molecular weight is 799 g/mol. The second kappa shape index (κ2) is 13.6. The first-order valence-corrected chi connectivity index (χ1v) is 16.4. The van der Waals surface area contributed by atoms with E-state index in [0.717, 1.165) is 25.0 Å².